The Morgan fingerprint density at radius 2 is 2.00 bits per heavy atom. The van der Waals surface area contributed by atoms with Gasteiger partial charge in [0.1, 0.15) is 5.75 Å². The zero-order valence-corrected chi connectivity index (χ0v) is 12.7. The first-order chi connectivity index (χ1) is 8.87. The van der Waals surface area contributed by atoms with Gasteiger partial charge in [0.15, 0.2) is 0 Å². The van der Waals surface area contributed by atoms with Crippen LogP contribution in [0.15, 0.2) is 6.20 Å². The maximum absolute atomic E-state index is 5.64. The second-order valence-corrected chi connectivity index (χ2v) is 5.28. The Labute approximate surface area is 115 Å². The van der Waals surface area contributed by atoms with Crippen molar-refractivity contribution < 1.29 is 9.47 Å². The number of aryl methyl sites for hydroxylation is 1. The molecule has 0 radical (unpaired) electrons. The SMILES string of the molecule is COc1c(C)cnc(CC(NN)C(C)(C)OC)c1C. The van der Waals surface area contributed by atoms with Gasteiger partial charge in [-0.05, 0) is 27.7 Å². The Morgan fingerprint density at radius 1 is 1.37 bits per heavy atom. The van der Waals surface area contributed by atoms with E-state index in [1.54, 1.807) is 14.2 Å². The lowest BCUT2D eigenvalue weighted by Crippen LogP contribution is -2.52. The van der Waals surface area contributed by atoms with E-state index >= 15 is 0 Å². The summed E-state index contributed by atoms with van der Waals surface area (Å²) in [5, 5.41) is 0. The molecule has 5 heteroatoms. The summed E-state index contributed by atoms with van der Waals surface area (Å²) >= 11 is 0. The molecule has 1 unspecified atom stereocenters. The van der Waals surface area contributed by atoms with Crippen LogP contribution in [0.25, 0.3) is 0 Å². The van der Waals surface area contributed by atoms with Gasteiger partial charge in [-0.3, -0.25) is 16.3 Å². The summed E-state index contributed by atoms with van der Waals surface area (Å²) in [5.74, 6) is 6.53. The van der Waals surface area contributed by atoms with Gasteiger partial charge >= 0.3 is 0 Å². The van der Waals surface area contributed by atoms with Gasteiger partial charge < -0.3 is 9.47 Å². The molecule has 0 aliphatic heterocycles. The summed E-state index contributed by atoms with van der Waals surface area (Å²) in [6.45, 7) is 8.00. The van der Waals surface area contributed by atoms with Crippen LogP contribution in [-0.2, 0) is 11.2 Å². The highest BCUT2D eigenvalue weighted by atomic mass is 16.5. The molecule has 5 nitrogen and oxygen atoms in total. The fourth-order valence-corrected chi connectivity index (χ4v) is 2.12. The third-order valence-corrected chi connectivity index (χ3v) is 3.71. The Balaban J connectivity index is 3.05. The maximum atomic E-state index is 5.64. The predicted molar refractivity (Wildman–Crippen MR) is 76.2 cm³/mol. The molecule has 1 heterocycles. The van der Waals surface area contributed by atoms with Gasteiger partial charge in [0, 0.05) is 36.5 Å². The van der Waals surface area contributed by atoms with Crippen molar-refractivity contribution in [3.05, 3.63) is 23.0 Å². The number of nitrogens with two attached hydrogens (primary N) is 1. The minimum absolute atomic E-state index is 0.0314. The van der Waals surface area contributed by atoms with Crippen LogP contribution in [-0.4, -0.2) is 30.8 Å². The molecule has 1 aromatic heterocycles. The molecule has 3 N–H and O–H groups in total. The number of methoxy groups -OCH3 is 2. The number of hydrazine groups is 1. The number of nitrogens with zero attached hydrogens (tertiary/aromatic N) is 1. The van der Waals surface area contributed by atoms with Crippen LogP contribution >= 0.6 is 0 Å². The lowest BCUT2D eigenvalue weighted by molar-refractivity contribution is -0.0104. The third-order valence-electron chi connectivity index (χ3n) is 3.71. The molecule has 1 rings (SSSR count). The van der Waals surface area contributed by atoms with Gasteiger partial charge in [-0.25, -0.2) is 0 Å². The van der Waals surface area contributed by atoms with Crippen molar-refractivity contribution >= 4 is 0 Å². The average molecular weight is 267 g/mol. The molecule has 108 valence electrons. The second-order valence-electron chi connectivity index (χ2n) is 5.28. The van der Waals surface area contributed by atoms with E-state index in [0.717, 1.165) is 22.6 Å². The van der Waals surface area contributed by atoms with Crippen LogP contribution in [0.1, 0.15) is 30.7 Å². The highest BCUT2D eigenvalue weighted by molar-refractivity contribution is 5.41. The Kier molecular flexibility index (Phi) is 5.29. The molecular weight excluding hydrogens is 242 g/mol. The minimum Gasteiger partial charge on any atom is -0.496 e. The van der Waals surface area contributed by atoms with Crippen LogP contribution in [0, 0.1) is 13.8 Å². The molecule has 0 bridgehead atoms. The van der Waals surface area contributed by atoms with Crippen molar-refractivity contribution in [1.29, 1.82) is 0 Å². The van der Waals surface area contributed by atoms with E-state index in [1.165, 1.54) is 0 Å². The number of ether oxygens (including phenoxy) is 2. The quantitative estimate of drug-likeness (QED) is 0.604. The summed E-state index contributed by atoms with van der Waals surface area (Å²) in [7, 11) is 3.36. The fourth-order valence-electron chi connectivity index (χ4n) is 2.12. The minimum atomic E-state index is -0.374. The van der Waals surface area contributed by atoms with Crippen LogP contribution in [0.2, 0.25) is 0 Å². The monoisotopic (exact) mass is 267 g/mol. The van der Waals surface area contributed by atoms with E-state index in [1.807, 2.05) is 33.9 Å². The summed E-state index contributed by atoms with van der Waals surface area (Å²) in [4.78, 5) is 4.49. The lowest BCUT2D eigenvalue weighted by atomic mass is 9.93. The number of aromatic nitrogens is 1. The van der Waals surface area contributed by atoms with Crippen LogP contribution in [0.5, 0.6) is 5.75 Å². The Hall–Kier alpha value is -1.17. The van der Waals surface area contributed by atoms with Gasteiger partial charge in [0.25, 0.3) is 0 Å². The molecule has 0 aliphatic carbocycles. The molecule has 0 amide bonds. The van der Waals surface area contributed by atoms with Crippen molar-refractivity contribution in [1.82, 2.24) is 10.4 Å². The summed E-state index contributed by atoms with van der Waals surface area (Å²) in [5.41, 5.74) is 5.49. The second kappa shape index (κ2) is 6.32. The van der Waals surface area contributed by atoms with Crippen molar-refractivity contribution in [3.63, 3.8) is 0 Å². The number of hydrogen-bond donors (Lipinski definition) is 2. The molecule has 1 atom stereocenters. The lowest BCUT2D eigenvalue weighted by Gasteiger charge is -2.32. The fraction of sp³-hybridized carbons (Fsp3) is 0.643. The van der Waals surface area contributed by atoms with Crippen molar-refractivity contribution in [2.45, 2.75) is 45.8 Å². The van der Waals surface area contributed by atoms with Crippen molar-refractivity contribution in [3.8, 4) is 5.75 Å². The van der Waals surface area contributed by atoms with Crippen LogP contribution < -0.4 is 16.0 Å². The highest BCUT2D eigenvalue weighted by Crippen LogP contribution is 2.26. The van der Waals surface area contributed by atoms with E-state index in [4.69, 9.17) is 15.3 Å². The third kappa shape index (κ3) is 3.43. The molecule has 0 saturated carbocycles. The van der Waals surface area contributed by atoms with Crippen LogP contribution in [0.4, 0.5) is 0 Å². The first kappa shape index (κ1) is 15.9. The summed E-state index contributed by atoms with van der Waals surface area (Å²) in [6.07, 6.45) is 2.51. The van der Waals surface area contributed by atoms with E-state index in [9.17, 15) is 0 Å². The number of nitrogens with one attached hydrogen (secondary N) is 1. The Morgan fingerprint density at radius 3 is 2.47 bits per heavy atom. The number of rotatable bonds is 6. The first-order valence-corrected chi connectivity index (χ1v) is 6.37. The maximum Gasteiger partial charge on any atom is 0.128 e. The van der Waals surface area contributed by atoms with Gasteiger partial charge in [-0.15, -0.1) is 0 Å². The topological polar surface area (TPSA) is 69.4 Å². The first-order valence-electron chi connectivity index (χ1n) is 6.37. The normalized spacial score (nSPS) is 13.4. The van der Waals surface area contributed by atoms with E-state index in [-0.39, 0.29) is 11.6 Å². The van der Waals surface area contributed by atoms with Crippen molar-refractivity contribution in [2.24, 2.45) is 5.84 Å². The van der Waals surface area contributed by atoms with Gasteiger partial charge in [-0.1, -0.05) is 0 Å². The van der Waals surface area contributed by atoms with E-state index in [0.29, 0.717) is 6.42 Å². The van der Waals surface area contributed by atoms with Crippen molar-refractivity contribution in [2.75, 3.05) is 14.2 Å². The zero-order chi connectivity index (χ0) is 14.6. The summed E-state index contributed by atoms with van der Waals surface area (Å²) < 4.78 is 10.9. The smallest absolute Gasteiger partial charge is 0.128 e. The van der Waals surface area contributed by atoms with E-state index in [2.05, 4.69) is 10.4 Å². The summed E-state index contributed by atoms with van der Waals surface area (Å²) in [6, 6.07) is -0.0314. The van der Waals surface area contributed by atoms with E-state index < -0.39 is 0 Å². The molecule has 1 aromatic rings. The van der Waals surface area contributed by atoms with Gasteiger partial charge in [-0.2, -0.15) is 0 Å². The molecule has 0 saturated heterocycles. The van der Waals surface area contributed by atoms with Gasteiger partial charge in [0.2, 0.25) is 0 Å². The molecule has 0 spiro atoms. The number of hydrogen-bond acceptors (Lipinski definition) is 5. The molecule has 0 aliphatic rings. The molecule has 19 heavy (non-hydrogen) atoms. The highest BCUT2D eigenvalue weighted by Gasteiger charge is 2.29. The number of pyridine rings is 1. The average Bonchev–Trinajstić information content (AvgIpc) is 2.38. The predicted octanol–water partition coefficient (Wildman–Crippen LogP) is 1.51. The standard InChI is InChI=1S/C14H25N3O2/c1-9-8-16-11(10(2)13(9)18-5)7-12(17-15)14(3,4)19-6/h8,12,17H,7,15H2,1-6H3. The molecular formula is C14H25N3O2. The Bertz CT molecular complexity index is 433. The van der Waals surface area contributed by atoms with Crippen LogP contribution in [0.3, 0.4) is 0 Å². The molecule has 0 fully saturated rings. The largest absolute Gasteiger partial charge is 0.496 e. The zero-order valence-electron chi connectivity index (χ0n) is 12.7. The van der Waals surface area contributed by atoms with Gasteiger partial charge in [0.05, 0.1) is 18.8 Å². The molecule has 0 aromatic carbocycles.